The van der Waals surface area contributed by atoms with E-state index < -0.39 is 0 Å². The minimum absolute atomic E-state index is 0.175. The van der Waals surface area contributed by atoms with Gasteiger partial charge < -0.3 is 15.3 Å². The summed E-state index contributed by atoms with van der Waals surface area (Å²) in [7, 11) is 0. The number of carbonyl (C=O) groups excluding carboxylic acids is 2. The molecule has 0 aliphatic rings. The number of aryl methyl sites for hydroxylation is 1. The number of hydrogen-bond donors (Lipinski definition) is 3. The second-order valence-electron chi connectivity index (χ2n) is 7.72. The Kier molecular flexibility index (Phi) is 4.75. The third kappa shape index (κ3) is 3.46. The Hall–Kier alpha value is -3.93. The van der Waals surface area contributed by atoms with Crippen LogP contribution in [0.4, 0.5) is 0 Å². The first-order valence-electron chi connectivity index (χ1n) is 10.4. The minimum Gasteiger partial charge on any atom is -0.361 e. The van der Waals surface area contributed by atoms with Crippen LogP contribution in [0.3, 0.4) is 0 Å². The van der Waals surface area contributed by atoms with Crippen molar-refractivity contribution in [3.05, 3.63) is 77.7 Å². The molecule has 0 bridgehead atoms. The van der Waals surface area contributed by atoms with Gasteiger partial charge in [-0.1, -0.05) is 36.4 Å². The number of nitrogens with zero attached hydrogens (tertiary/aromatic N) is 1. The number of ketones is 1. The van der Waals surface area contributed by atoms with Gasteiger partial charge in [-0.05, 0) is 36.6 Å². The van der Waals surface area contributed by atoms with Crippen LogP contribution in [0.2, 0.25) is 0 Å². The molecule has 0 saturated heterocycles. The fourth-order valence-electron chi connectivity index (χ4n) is 4.13. The van der Waals surface area contributed by atoms with Gasteiger partial charge in [0.2, 0.25) is 0 Å². The maximum Gasteiger partial charge on any atom is 0.269 e. The van der Waals surface area contributed by atoms with Crippen molar-refractivity contribution in [2.45, 2.75) is 19.8 Å². The van der Waals surface area contributed by atoms with Gasteiger partial charge in [-0.2, -0.15) is 0 Å². The number of nitrogens with one attached hydrogen (secondary N) is 3. The molecule has 0 aliphatic heterocycles. The summed E-state index contributed by atoms with van der Waals surface area (Å²) in [5.41, 5.74) is 4.49. The number of aromatic amines is 2. The maximum atomic E-state index is 12.8. The van der Waals surface area contributed by atoms with E-state index in [0.29, 0.717) is 12.1 Å². The zero-order valence-electron chi connectivity index (χ0n) is 17.2. The maximum absolute atomic E-state index is 12.8. The molecule has 6 nitrogen and oxygen atoms in total. The van der Waals surface area contributed by atoms with Gasteiger partial charge in [-0.25, -0.2) is 4.98 Å². The van der Waals surface area contributed by atoms with Crippen LogP contribution < -0.4 is 5.32 Å². The molecule has 0 spiro atoms. The highest BCUT2D eigenvalue weighted by Gasteiger charge is 2.18. The van der Waals surface area contributed by atoms with Crippen molar-refractivity contribution in [1.82, 2.24) is 20.3 Å². The van der Waals surface area contributed by atoms with E-state index in [-0.39, 0.29) is 23.1 Å². The lowest BCUT2D eigenvalue weighted by Crippen LogP contribution is -2.26. The highest BCUT2D eigenvalue weighted by molar-refractivity contribution is 6.15. The number of hydrogen-bond acceptors (Lipinski definition) is 3. The number of H-pyrrole nitrogens is 2. The molecule has 0 fully saturated rings. The molecule has 3 N–H and O–H groups in total. The van der Waals surface area contributed by atoms with Crippen LogP contribution in [-0.2, 0) is 6.42 Å². The zero-order valence-corrected chi connectivity index (χ0v) is 17.2. The molecule has 0 saturated carbocycles. The summed E-state index contributed by atoms with van der Waals surface area (Å²) in [6.45, 7) is 2.00. The standard InChI is InChI=1S/C25H22N4O2/c1-15(30)23-24-19(18-9-3-5-11-21(18)28-24)13-22(29-23)25(31)26-12-6-7-16-14-27-20-10-4-2-8-17(16)20/h2-5,8-11,13-14,27-28H,6-7,12H2,1H3,(H,26,31). The van der Waals surface area contributed by atoms with E-state index in [1.54, 1.807) is 6.07 Å². The second kappa shape index (κ2) is 7.72. The third-order valence-electron chi connectivity index (χ3n) is 5.65. The number of pyridine rings is 1. The Bertz CT molecular complexity index is 1440. The monoisotopic (exact) mass is 410 g/mol. The van der Waals surface area contributed by atoms with Gasteiger partial charge in [0.25, 0.3) is 5.91 Å². The van der Waals surface area contributed by atoms with Gasteiger partial charge in [0.05, 0.1) is 5.52 Å². The minimum atomic E-state index is -0.270. The van der Waals surface area contributed by atoms with Gasteiger partial charge in [0.15, 0.2) is 5.78 Å². The molecular weight excluding hydrogens is 388 g/mol. The van der Waals surface area contributed by atoms with E-state index in [4.69, 9.17) is 0 Å². The summed E-state index contributed by atoms with van der Waals surface area (Å²) in [6.07, 6.45) is 3.69. The molecule has 5 aromatic rings. The van der Waals surface area contributed by atoms with Crippen LogP contribution in [0.15, 0.2) is 60.8 Å². The van der Waals surface area contributed by atoms with Crippen LogP contribution in [-0.4, -0.2) is 33.2 Å². The largest absolute Gasteiger partial charge is 0.361 e. The van der Waals surface area contributed by atoms with E-state index in [1.165, 1.54) is 17.9 Å². The predicted molar refractivity (Wildman–Crippen MR) is 123 cm³/mol. The number of carbonyl (C=O) groups is 2. The van der Waals surface area contributed by atoms with Crippen LogP contribution in [0, 0.1) is 0 Å². The molecule has 3 heterocycles. The molecule has 6 heteroatoms. The first-order chi connectivity index (χ1) is 15.1. The summed E-state index contributed by atoms with van der Waals surface area (Å²) in [5.74, 6) is -0.445. The van der Waals surface area contributed by atoms with E-state index in [9.17, 15) is 9.59 Å². The number of benzene rings is 2. The molecular formula is C25H22N4O2. The van der Waals surface area contributed by atoms with Gasteiger partial charge in [0.1, 0.15) is 11.4 Å². The zero-order chi connectivity index (χ0) is 21.4. The summed E-state index contributed by atoms with van der Waals surface area (Å²) in [4.78, 5) is 35.9. The summed E-state index contributed by atoms with van der Waals surface area (Å²) in [6, 6.07) is 17.7. The molecule has 3 aromatic heterocycles. The van der Waals surface area contributed by atoms with Crippen LogP contribution in [0.25, 0.3) is 32.7 Å². The van der Waals surface area contributed by atoms with Crippen LogP contribution in [0.1, 0.15) is 39.9 Å². The quantitative estimate of drug-likeness (QED) is 0.278. The summed E-state index contributed by atoms with van der Waals surface area (Å²) in [5, 5.41) is 5.96. The van der Waals surface area contributed by atoms with Crippen molar-refractivity contribution in [3.8, 4) is 0 Å². The van der Waals surface area contributed by atoms with E-state index >= 15 is 0 Å². The first kappa shape index (κ1) is 19.1. The Labute approximate surface area is 178 Å². The number of para-hydroxylation sites is 2. The van der Waals surface area contributed by atoms with Crippen molar-refractivity contribution in [1.29, 1.82) is 0 Å². The van der Waals surface area contributed by atoms with Crippen molar-refractivity contribution < 1.29 is 9.59 Å². The fourth-order valence-corrected chi connectivity index (χ4v) is 4.13. The van der Waals surface area contributed by atoms with Gasteiger partial charge in [-0.15, -0.1) is 0 Å². The predicted octanol–water partition coefficient (Wildman–Crippen LogP) is 4.76. The SMILES string of the molecule is CC(=O)c1nc(C(=O)NCCCc2c[nH]c3ccccc23)cc2c1[nH]c1ccccc12. The van der Waals surface area contributed by atoms with Gasteiger partial charge in [-0.3, -0.25) is 9.59 Å². The molecule has 31 heavy (non-hydrogen) atoms. The molecule has 154 valence electrons. The number of aromatic nitrogens is 3. The van der Waals surface area contributed by atoms with Crippen molar-refractivity contribution in [2.24, 2.45) is 0 Å². The van der Waals surface area contributed by atoms with E-state index in [2.05, 4.69) is 32.4 Å². The number of amides is 1. The highest BCUT2D eigenvalue weighted by atomic mass is 16.2. The molecule has 0 aliphatic carbocycles. The lowest BCUT2D eigenvalue weighted by molar-refractivity contribution is 0.0948. The summed E-state index contributed by atoms with van der Waals surface area (Å²) >= 11 is 0. The molecule has 0 radical (unpaired) electrons. The third-order valence-corrected chi connectivity index (χ3v) is 5.65. The van der Waals surface area contributed by atoms with E-state index in [1.807, 2.05) is 42.6 Å². The lowest BCUT2D eigenvalue weighted by Gasteiger charge is -2.07. The molecule has 2 aromatic carbocycles. The Morgan fingerprint density at radius 1 is 0.968 bits per heavy atom. The molecule has 1 amide bonds. The van der Waals surface area contributed by atoms with Gasteiger partial charge in [0, 0.05) is 46.9 Å². The van der Waals surface area contributed by atoms with Crippen molar-refractivity contribution in [2.75, 3.05) is 6.54 Å². The average molecular weight is 410 g/mol. The number of rotatable bonds is 6. The number of fused-ring (bicyclic) bond motifs is 4. The average Bonchev–Trinajstić information content (AvgIpc) is 3.37. The Morgan fingerprint density at radius 2 is 1.71 bits per heavy atom. The lowest BCUT2D eigenvalue weighted by atomic mass is 10.1. The van der Waals surface area contributed by atoms with E-state index in [0.717, 1.165) is 34.6 Å². The number of Topliss-reactive ketones (excluding diaryl/α,β-unsaturated/α-hetero) is 1. The van der Waals surface area contributed by atoms with Crippen molar-refractivity contribution >= 4 is 44.4 Å². The Morgan fingerprint density at radius 3 is 2.52 bits per heavy atom. The highest BCUT2D eigenvalue weighted by Crippen LogP contribution is 2.28. The second-order valence-corrected chi connectivity index (χ2v) is 7.72. The summed E-state index contributed by atoms with van der Waals surface area (Å²) < 4.78 is 0. The van der Waals surface area contributed by atoms with Gasteiger partial charge >= 0.3 is 0 Å². The smallest absolute Gasteiger partial charge is 0.269 e. The fraction of sp³-hybridized carbons (Fsp3) is 0.160. The van der Waals surface area contributed by atoms with Crippen LogP contribution >= 0.6 is 0 Å². The molecule has 0 atom stereocenters. The first-order valence-corrected chi connectivity index (χ1v) is 10.4. The Balaban J connectivity index is 1.34. The van der Waals surface area contributed by atoms with Crippen LogP contribution in [0.5, 0.6) is 0 Å². The molecule has 5 rings (SSSR count). The normalized spacial score (nSPS) is 11.4. The molecule has 0 unspecified atom stereocenters. The topological polar surface area (TPSA) is 90.6 Å². The van der Waals surface area contributed by atoms with Crippen molar-refractivity contribution in [3.63, 3.8) is 0 Å².